The van der Waals surface area contributed by atoms with Crippen LogP contribution in [0.15, 0.2) is 122 Å². The van der Waals surface area contributed by atoms with Crippen LogP contribution in [0, 0.1) is 0 Å². The van der Waals surface area contributed by atoms with E-state index in [0.717, 1.165) is 116 Å². The normalized spacial score (nSPS) is 13.0. The summed E-state index contributed by atoms with van der Waals surface area (Å²) in [5.74, 6) is -1.02. The molecule has 0 bridgehead atoms. The molecule has 0 aliphatic heterocycles. The zero-order valence-electron chi connectivity index (χ0n) is 44.5. The number of carbonyl (C=O) groups is 3. The van der Waals surface area contributed by atoms with Gasteiger partial charge in [-0.15, -0.1) is 0 Å². The molecule has 6 heteroatoms. The molecule has 0 fully saturated rings. The number of esters is 3. The Morgan fingerprint density at radius 1 is 0.304 bits per heavy atom. The van der Waals surface area contributed by atoms with E-state index in [-0.39, 0.29) is 44.0 Å². The predicted octanol–water partition coefficient (Wildman–Crippen LogP) is 18.9. The third-order valence-electron chi connectivity index (χ3n) is 11.4. The van der Waals surface area contributed by atoms with E-state index in [1.165, 1.54) is 70.6 Å². The van der Waals surface area contributed by atoms with Crippen LogP contribution in [-0.2, 0) is 28.6 Å². The predicted molar refractivity (Wildman–Crippen MR) is 297 cm³/mol. The molecule has 1 atom stereocenters. The highest BCUT2D eigenvalue weighted by atomic mass is 16.6. The quantitative estimate of drug-likeness (QED) is 0.0262. The molecule has 0 unspecified atom stereocenters. The van der Waals surface area contributed by atoms with Gasteiger partial charge in [0.2, 0.25) is 0 Å². The molecule has 0 aromatic rings. The van der Waals surface area contributed by atoms with Crippen LogP contribution in [0.2, 0.25) is 0 Å². The Bertz CT molecular complexity index is 1470. The maximum absolute atomic E-state index is 12.8. The number of hydrogen-bond donors (Lipinski definition) is 0. The number of ether oxygens (including phenoxy) is 3. The van der Waals surface area contributed by atoms with Gasteiger partial charge in [0, 0.05) is 19.3 Å². The first kappa shape index (κ1) is 64.8. The molecule has 69 heavy (non-hydrogen) atoms. The molecule has 390 valence electrons. The third-order valence-corrected chi connectivity index (χ3v) is 11.4. The maximum atomic E-state index is 12.8. The number of carbonyl (C=O) groups excluding carboxylic acids is 3. The van der Waals surface area contributed by atoms with Gasteiger partial charge in [-0.25, -0.2) is 0 Å². The highest BCUT2D eigenvalue weighted by Gasteiger charge is 2.19. The Labute approximate surface area is 424 Å². The van der Waals surface area contributed by atoms with Gasteiger partial charge in [0.05, 0.1) is 0 Å². The lowest BCUT2D eigenvalue weighted by atomic mass is 10.1. The maximum Gasteiger partial charge on any atom is 0.306 e. The summed E-state index contributed by atoms with van der Waals surface area (Å²) < 4.78 is 16.8. The van der Waals surface area contributed by atoms with Crippen LogP contribution in [-0.4, -0.2) is 37.2 Å². The van der Waals surface area contributed by atoms with Crippen LogP contribution >= 0.6 is 0 Å². The van der Waals surface area contributed by atoms with Crippen molar-refractivity contribution in [3.63, 3.8) is 0 Å². The van der Waals surface area contributed by atoms with Crippen LogP contribution in [0.4, 0.5) is 0 Å². The van der Waals surface area contributed by atoms with Crippen molar-refractivity contribution in [1.29, 1.82) is 0 Å². The standard InChI is InChI=1S/C63H102O6/c1-4-7-10-13-16-19-22-25-28-30-31-33-36-39-42-45-48-51-54-57-63(66)69-60(58-67-61(64)55-52-49-46-43-40-37-34-27-24-21-18-15-12-9-6-3)59-68-62(65)56-53-50-47-44-41-38-35-32-29-26-23-20-17-14-11-8-5-2/h9,12,16,18-19,21,25-29,31,33-35,38-39,42,44,47,60H,4-8,10-11,13-15,17,20,22-24,30,32,36-37,40-41,43,45-46,48-59H2,1-3H3/b12-9-,19-16-,21-18-,28-25-,29-26-,33-31-,34-27-,38-35-,42-39-,47-44-/t60-/m1/s1. The van der Waals surface area contributed by atoms with Gasteiger partial charge in [-0.1, -0.05) is 213 Å². The molecule has 0 amide bonds. The number of hydrogen-bond acceptors (Lipinski definition) is 6. The van der Waals surface area contributed by atoms with Crippen molar-refractivity contribution in [2.24, 2.45) is 0 Å². The molecule has 0 saturated heterocycles. The third kappa shape index (κ3) is 54.6. The molecule has 0 spiro atoms. The zero-order chi connectivity index (χ0) is 50.0. The number of rotatable bonds is 49. The molecule has 0 N–H and O–H groups in total. The zero-order valence-corrected chi connectivity index (χ0v) is 44.5. The SMILES string of the molecule is CC/C=C\C/C=C\C/C=C\CCCCCCCC(=O)OC[C@H](COC(=O)CCC/C=C\C/C=C\C/C=C\CCCCCCCC)OC(=O)CCCCC/C=C\C/C=C\C/C=C\C/C=C\CCCCC. The molecular formula is C63H102O6. The van der Waals surface area contributed by atoms with Crippen molar-refractivity contribution in [3.05, 3.63) is 122 Å². The minimum absolute atomic E-state index is 0.119. The number of allylic oxidation sites excluding steroid dienone is 20. The Morgan fingerprint density at radius 3 is 0.986 bits per heavy atom. The molecule has 0 rings (SSSR count). The minimum atomic E-state index is -0.826. The van der Waals surface area contributed by atoms with Crippen molar-refractivity contribution in [1.82, 2.24) is 0 Å². The first-order valence-corrected chi connectivity index (χ1v) is 28.0. The van der Waals surface area contributed by atoms with Gasteiger partial charge in [-0.2, -0.15) is 0 Å². The molecule has 0 aliphatic carbocycles. The lowest BCUT2D eigenvalue weighted by Crippen LogP contribution is -2.30. The molecule has 0 aromatic heterocycles. The van der Waals surface area contributed by atoms with Crippen molar-refractivity contribution in [3.8, 4) is 0 Å². The molecule has 0 aromatic carbocycles. The van der Waals surface area contributed by atoms with Gasteiger partial charge in [-0.05, 0) is 128 Å². The summed E-state index contributed by atoms with van der Waals surface area (Å²) in [7, 11) is 0. The first-order chi connectivity index (χ1) is 34.0. The highest BCUT2D eigenvalue weighted by molar-refractivity contribution is 5.71. The average Bonchev–Trinajstić information content (AvgIpc) is 3.35. The summed E-state index contributed by atoms with van der Waals surface area (Å²) in [4.78, 5) is 38.1. The van der Waals surface area contributed by atoms with E-state index < -0.39 is 6.10 Å². The molecule has 6 nitrogen and oxygen atoms in total. The lowest BCUT2D eigenvalue weighted by Gasteiger charge is -2.18. The molecule has 0 radical (unpaired) electrons. The Hall–Kier alpha value is -4.19. The lowest BCUT2D eigenvalue weighted by molar-refractivity contribution is -0.167. The summed E-state index contributed by atoms with van der Waals surface area (Å²) >= 11 is 0. The van der Waals surface area contributed by atoms with Crippen molar-refractivity contribution < 1.29 is 28.6 Å². The van der Waals surface area contributed by atoms with Crippen LogP contribution in [0.1, 0.15) is 239 Å². The number of unbranched alkanes of at least 4 members (excludes halogenated alkanes) is 18. The second kappa shape index (κ2) is 56.4. The molecule has 0 saturated carbocycles. The fourth-order valence-corrected chi connectivity index (χ4v) is 7.22. The van der Waals surface area contributed by atoms with E-state index >= 15 is 0 Å². The van der Waals surface area contributed by atoms with Crippen molar-refractivity contribution >= 4 is 17.9 Å². The average molecular weight is 956 g/mol. The molecule has 0 aliphatic rings. The Balaban J connectivity index is 4.57. The van der Waals surface area contributed by atoms with Crippen molar-refractivity contribution in [2.75, 3.05) is 13.2 Å². The van der Waals surface area contributed by atoms with Crippen molar-refractivity contribution in [2.45, 2.75) is 245 Å². The highest BCUT2D eigenvalue weighted by Crippen LogP contribution is 2.12. The van der Waals surface area contributed by atoms with E-state index in [4.69, 9.17) is 14.2 Å². The van der Waals surface area contributed by atoms with E-state index in [1.54, 1.807) is 0 Å². The minimum Gasteiger partial charge on any atom is -0.462 e. The van der Waals surface area contributed by atoms with Gasteiger partial charge in [0.25, 0.3) is 0 Å². The van der Waals surface area contributed by atoms with Crippen LogP contribution in [0.25, 0.3) is 0 Å². The second-order valence-electron chi connectivity index (χ2n) is 18.1. The van der Waals surface area contributed by atoms with Gasteiger partial charge in [0.1, 0.15) is 13.2 Å². The smallest absolute Gasteiger partial charge is 0.306 e. The van der Waals surface area contributed by atoms with E-state index in [9.17, 15) is 14.4 Å². The molecular weight excluding hydrogens is 853 g/mol. The van der Waals surface area contributed by atoms with Crippen LogP contribution < -0.4 is 0 Å². The van der Waals surface area contributed by atoms with Crippen LogP contribution in [0.3, 0.4) is 0 Å². The first-order valence-electron chi connectivity index (χ1n) is 28.0. The van der Waals surface area contributed by atoms with E-state index in [1.807, 2.05) is 0 Å². The van der Waals surface area contributed by atoms with E-state index in [0.29, 0.717) is 19.3 Å². The fourth-order valence-electron chi connectivity index (χ4n) is 7.22. The summed E-state index contributed by atoms with van der Waals surface area (Å²) in [6, 6.07) is 0. The monoisotopic (exact) mass is 955 g/mol. The second-order valence-corrected chi connectivity index (χ2v) is 18.1. The summed E-state index contributed by atoms with van der Waals surface area (Å²) in [5.41, 5.74) is 0. The summed E-state index contributed by atoms with van der Waals surface area (Å²) in [6.45, 7) is 6.40. The van der Waals surface area contributed by atoms with Gasteiger partial charge < -0.3 is 14.2 Å². The summed E-state index contributed by atoms with van der Waals surface area (Å²) in [6.07, 6.45) is 77.6. The Morgan fingerprint density at radius 2 is 0.580 bits per heavy atom. The van der Waals surface area contributed by atoms with Gasteiger partial charge in [0.15, 0.2) is 6.10 Å². The van der Waals surface area contributed by atoms with Crippen LogP contribution in [0.5, 0.6) is 0 Å². The molecule has 0 heterocycles. The largest absolute Gasteiger partial charge is 0.462 e. The van der Waals surface area contributed by atoms with Gasteiger partial charge >= 0.3 is 17.9 Å². The van der Waals surface area contributed by atoms with E-state index in [2.05, 4.69) is 142 Å². The Kier molecular flexibility index (Phi) is 53.0. The topological polar surface area (TPSA) is 78.9 Å². The fraction of sp³-hybridized carbons (Fsp3) is 0.635. The summed E-state index contributed by atoms with van der Waals surface area (Å²) in [5, 5.41) is 0. The van der Waals surface area contributed by atoms with Gasteiger partial charge in [-0.3, -0.25) is 14.4 Å².